The number of aromatic nitrogens is 3. The molecule has 0 unspecified atom stereocenters. The Morgan fingerprint density at radius 2 is 1.73 bits per heavy atom. The molecule has 0 aliphatic rings. The van der Waals surface area contributed by atoms with Crippen LogP contribution >= 0.6 is 0 Å². The van der Waals surface area contributed by atoms with Crippen LogP contribution in [-0.4, -0.2) is 42.7 Å². The van der Waals surface area contributed by atoms with Gasteiger partial charge in [-0.2, -0.15) is 0 Å². The zero-order valence-corrected chi connectivity index (χ0v) is 15.2. The number of methoxy groups -OCH3 is 2. The summed E-state index contributed by atoms with van der Waals surface area (Å²) in [4.78, 5) is 11.4. The van der Waals surface area contributed by atoms with Crippen molar-refractivity contribution in [3.63, 3.8) is 0 Å². The summed E-state index contributed by atoms with van der Waals surface area (Å²) in [5, 5.41) is 0. The zero-order chi connectivity index (χ0) is 18.3. The summed E-state index contributed by atoms with van der Waals surface area (Å²) in [5.74, 6) is 2.21. The van der Waals surface area contributed by atoms with Gasteiger partial charge in [-0.3, -0.25) is 4.40 Å². The molecule has 0 atom stereocenters. The van der Waals surface area contributed by atoms with E-state index < -0.39 is 0 Å². The van der Waals surface area contributed by atoms with Crippen LogP contribution in [0.15, 0.2) is 48.7 Å². The minimum absolute atomic E-state index is 0.686. The van der Waals surface area contributed by atoms with Gasteiger partial charge in [0.25, 0.3) is 0 Å². The molecule has 2 aromatic carbocycles. The van der Waals surface area contributed by atoms with Gasteiger partial charge < -0.3 is 14.4 Å². The molecule has 2 aromatic heterocycles. The summed E-state index contributed by atoms with van der Waals surface area (Å²) < 4.78 is 13.0. The predicted molar refractivity (Wildman–Crippen MR) is 103 cm³/mol. The number of imidazole rings is 1. The van der Waals surface area contributed by atoms with E-state index in [1.54, 1.807) is 14.2 Å². The summed E-state index contributed by atoms with van der Waals surface area (Å²) in [6.07, 6.45) is 1.87. The largest absolute Gasteiger partial charge is 0.493 e. The quantitative estimate of drug-likeness (QED) is 0.564. The van der Waals surface area contributed by atoms with E-state index in [-0.39, 0.29) is 0 Å². The molecular weight excluding hydrogens is 328 g/mol. The van der Waals surface area contributed by atoms with Gasteiger partial charge in [-0.15, -0.1) is 0 Å². The van der Waals surface area contributed by atoms with Gasteiger partial charge in [-0.05, 0) is 30.3 Å². The first kappa shape index (κ1) is 16.2. The lowest BCUT2D eigenvalue weighted by Gasteiger charge is -2.15. The molecule has 0 spiro atoms. The molecule has 6 nitrogen and oxygen atoms in total. The first-order valence-corrected chi connectivity index (χ1v) is 8.30. The summed E-state index contributed by atoms with van der Waals surface area (Å²) in [5.41, 5.74) is 4.72. The molecule has 0 fully saturated rings. The van der Waals surface area contributed by atoms with Crippen LogP contribution in [0.3, 0.4) is 0 Å². The maximum atomic E-state index is 5.46. The maximum Gasteiger partial charge on any atom is 0.181 e. The summed E-state index contributed by atoms with van der Waals surface area (Å²) in [6.45, 7) is 0. The smallest absolute Gasteiger partial charge is 0.181 e. The molecule has 0 saturated heterocycles. The normalized spacial score (nSPS) is 11.1. The molecule has 0 bridgehead atoms. The van der Waals surface area contributed by atoms with Gasteiger partial charge in [-0.1, -0.05) is 12.1 Å². The Bertz CT molecular complexity index is 1100. The van der Waals surface area contributed by atoms with Crippen LogP contribution in [0.5, 0.6) is 11.5 Å². The number of benzene rings is 2. The van der Waals surface area contributed by atoms with Crippen LogP contribution in [0.25, 0.3) is 27.9 Å². The van der Waals surface area contributed by atoms with E-state index >= 15 is 0 Å². The molecule has 4 aromatic rings. The Labute approximate surface area is 151 Å². The van der Waals surface area contributed by atoms with E-state index in [4.69, 9.17) is 14.5 Å². The van der Waals surface area contributed by atoms with Crippen molar-refractivity contribution in [1.82, 2.24) is 14.4 Å². The number of ether oxygens (including phenoxy) is 2. The average molecular weight is 348 g/mol. The third-order valence-corrected chi connectivity index (χ3v) is 4.41. The Morgan fingerprint density at radius 1 is 0.962 bits per heavy atom. The molecule has 0 N–H and O–H groups in total. The van der Waals surface area contributed by atoms with Gasteiger partial charge in [0.2, 0.25) is 0 Å². The monoisotopic (exact) mass is 348 g/mol. The van der Waals surface area contributed by atoms with Gasteiger partial charge in [0, 0.05) is 19.7 Å². The van der Waals surface area contributed by atoms with Crippen molar-refractivity contribution in [3.8, 4) is 22.8 Å². The van der Waals surface area contributed by atoms with Crippen molar-refractivity contribution in [1.29, 1.82) is 0 Å². The number of anilines is 1. The second-order valence-electron chi connectivity index (χ2n) is 6.19. The van der Waals surface area contributed by atoms with Gasteiger partial charge in [-0.25, -0.2) is 9.97 Å². The van der Waals surface area contributed by atoms with Crippen LogP contribution < -0.4 is 14.4 Å². The van der Waals surface area contributed by atoms with Gasteiger partial charge >= 0.3 is 0 Å². The standard InChI is InChI=1S/C20H20N4O2/c1-23(2)20-19-21-12-16(13-9-10-17(25-3)18(11-13)26-4)24(19)15-8-6-5-7-14(15)22-20/h5-12H,1-4H3. The Hall–Kier alpha value is -3.28. The minimum Gasteiger partial charge on any atom is -0.493 e. The lowest BCUT2D eigenvalue weighted by atomic mass is 10.1. The molecule has 6 heteroatoms. The van der Waals surface area contributed by atoms with Crippen LogP contribution in [0, 0.1) is 0 Å². The van der Waals surface area contributed by atoms with Crippen LogP contribution in [0.4, 0.5) is 5.82 Å². The molecule has 0 aliphatic heterocycles. The second kappa shape index (κ2) is 6.22. The molecule has 0 saturated carbocycles. The SMILES string of the molecule is COc1ccc(-c2cnc3c(N(C)C)nc4ccccc4n23)cc1OC. The Balaban J connectivity index is 2.06. The van der Waals surface area contributed by atoms with Gasteiger partial charge in [0.1, 0.15) is 0 Å². The number of nitrogens with zero attached hydrogens (tertiary/aromatic N) is 4. The summed E-state index contributed by atoms with van der Waals surface area (Å²) in [6, 6.07) is 14.0. The third kappa shape index (κ3) is 2.42. The minimum atomic E-state index is 0.686. The molecule has 4 rings (SSSR count). The number of rotatable bonds is 4. The maximum absolute atomic E-state index is 5.46. The number of hydrogen-bond acceptors (Lipinski definition) is 5. The fraction of sp³-hybridized carbons (Fsp3) is 0.200. The molecule has 0 radical (unpaired) electrons. The van der Waals surface area contributed by atoms with E-state index in [2.05, 4.69) is 15.5 Å². The molecule has 132 valence electrons. The van der Waals surface area contributed by atoms with E-state index in [1.165, 1.54) is 0 Å². The van der Waals surface area contributed by atoms with E-state index in [1.807, 2.05) is 61.6 Å². The predicted octanol–water partition coefficient (Wildman–Crippen LogP) is 3.63. The van der Waals surface area contributed by atoms with Crippen molar-refractivity contribution in [3.05, 3.63) is 48.7 Å². The molecule has 2 heterocycles. The van der Waals surface area contributed by atoms with Crippen molar-refractivity contribution in [2.24, 2.45) is 0 Å². The third-order valence-electron chi connectivity index (χ3n) is 4.41. The van der Waals surface area contributed by atoms with Crippen LogP contribution in [0.2, 0.25) is 0 Å². The number of hydrogen-bond donors (Lipinski definition) is 0. The highest BCUT2D eigenvalue weighted by atomic mass is 16.5. The summed E-state index contributed by atoms with van der Waals surface area (Å²) in [7, 11) is 7.22. The van der Waals surface area contributed by atoms with Crippen LogP contribution in [-0.2, 0) is 0 Å². The molecule has 0 amide bonds. The van der Waals surface area contributed by atoms with Crippen molar-refractivity contribution in [2.45, 2.75) is 0 Å². The highest BCUT2D eigenvalue weighted by molar-refractivity contribution is 5.86. The molecule has 26 heavy (non-hydrogen) atoms. The lowest BCUT2D eigenvalue weighted by Crippen LogP contribution is -2.13. The average Bonchev–Trinajstić information content (AvgIpc) is 3.12. The van der Waals surface area contributed by atoms with Crippen LogP contribution in [0.1, 0.15) is 0 Å². The number of fused-ring (bicyclic) bond motifs is 3. The zero-order valence-electron chi connectivity index (χ0n) is 15.2. The second-order valence-corrected chi connectivity index (χ2v) is 6.19. The van der Waals surface area contributed by atoms with Crippen molar-refractivity contribution >= 4 is 22.5 Å². The number of para-hydroxylation sites is 2. The van der Waals surface area contributed by atoms with E-state index in [0.717, 1.165) is 33.8 Å². The highest BCUT2D eigenvalue weighted by Gasteiger charge is 2.16. The van der Waals surface area contributed by atoms with Crippen molar-refractivity contribution in [2.75, 3.05) is 33.2 Å². The van der Waals surface area contributed by atoms with E-state index in [9.17, 15) is 0 Å². The highest BCUT2D eigenvalue weighted by Crippen LogP contribution is 2.34. The first-order chi connectivity index (χ1) is 12.6. The fourth-order valence-electron chi connectivity index (χ4n) is 3.16. The Kier molecular flexibility index (Phi) is 3.88. The topological polar surface area (TPSA) is 51.9 Å². The van der Waals surface area contributed by atoms with Gasteiger partial charge in [0.05, 0.1) is 37.1 Å². The molecule has 0 aliphatic carbocycles. The van der Waals surface area contributed by atoms with Gasteiger partial charge in [0.15, 0.2) is 23.0 Å². The fourth-order valence-corrected chi connectivity index (χ4v) is 3.16. The van der Waals surface area contributed by atoms with E-state index in [0.29, 0.717) is 11.5 Å². The summed E-state index contributed by atoms with van der Waals surface area (Å²) >= 11 is 0. The molecular formula is C20H20N4O2. The first-order valence-electron chi connectivity index (χ1n) is 8.30. The Morgan fingerprint density at radius 3 is 2.46 bits per heavy atom. The lowest BCUT2D eigenvalue weighted by molar-refractivity contribution is 0.355. The van der Waals surface area contributed by atoms with Crippen molar-refractivity contribution < 1.29 is 9.47 Å².